The summed E-state index contributed by atoms with van der Waals surface area (Å²) in [7, 11) is -3.89. The maximum Gasteiger partial charge on any atom is 0.261 e. The zero-order valence-electron chi connectivity index (χ0n) is 11.9. The van der Waals surface area contributed by atoms with Crippen LogP contribution >= 0.6 is 0 Å². The highest BCUT2D eigenvalue weighted by Crippen LogP contribution is 2.20. The molecule has 1 aromatic heterocycles. The molecule has 0 aromatic carbocycles. The van der Waals surface area contributed by atoms with Crippen molar-refractivity contribution in [2.24, 2.45) is 0 Å². The predicted octanol–water partition coefficient (Wildman–Crippen LogP) is 2.24. The highest BCUT2D eigenvalue weighted by atomic mass is 32.2. The molecule has 5 nitrogen and oxygen atoms in total. The Labute approximate surface area is 125 Å². The summed E-state index contributed by atoms with van der Waals surface area (Å²) in [6.45, 7) is 0.725. The fourth-order valence-corrected chi connectivity index (χ4v) is 3.47. The molecular weight excluding hydrogens is 295 g/mol. The van der Waals surface area contributed by atoms with Crippen molar-refractivity contribution in [3.63, 3.8) is 0 Å². The Balaban J connectivity index is 1.71. The van der Waals surface area contributed by atoms with E-state index in [1.165, 1.54) is 31.5 Å². The molecular formula is C14H21FN2O3S. The molecule has 0 saturated heterocycles. The van der Waals surface area contributed by atoms with Crippen molar-refractivity contribution in [2.75, 3.05) is 13.2 Å². The second-order valence-corrected chi connectivity index (χ2v) is 6.85. The van der Waals surface area contributed by atoms with Gasteiger partial charge < -0.3 is 4.74 Å². The smallest absolute Gasteiger partial charge is 0.261 e. The molecule has 0 radical (unpaired) electrons. The molecule has 0 aliphatic heterocycles. The largest absolute Gasteiger partial charge is 0.378 e. The molecule has 0 amide bonds. The van der Waals surface area contributed by atoms with Gasteiger partial charge >= 0.3 is 0 Å². The number of ether oxygens (including phenoxy) is 1. The van der Waals surface area contributed by atoms with E-state index in [-0.39, 0.29) is 6.54 Å². The molecule has 118 valence electrons. The molecule has 1 N–H and O–H groups in total. The molecule has 21 heavy (non-hydrogen) atoms. The Morgan fingerprint density at radius 3 is 2.81 bits per heavy atom. The normalized spacial score (nSPS) is 17.0. The lowest BCUT2D eigenvalue weighted by Gasteiger charge is -2.21. The first-order valence-corrected chi connectivity index (χ1v) is 8.80. The molecule has 0 spiro atoms. The molecule has 1 aromatic rings. The third-order valence-corrected chi connectivity index (χ3v) is 4.89. The molecule has 2 rings (SSSR count). The lowest BCUT2D eigenvalue weighted by Crippen LogP contribution is -2.28. The Bertz CT molecular complexity index is 545. The topological polar surface area (TPSA) is 68.3 Å². The number of hydrogen-bond donors (Lipinski definition) is 1. The van der Waals surface area contributed by atoms with Crippen LogP contribution in [0.1, 0.15) is 38.5 Å². The van der Waals surface area contributed by atoms with E-state index < -0.39 is 20.9 Å². The first-order chi connectivity index (χ1) is 10.1. The van der Waals surface area contributed by atoms with Gasteiger partial charge in [0.2, 0.25) is 5.03 Å². The standard InChI is InChI=1S/C14H21FN2O3S/c15-13-8-4-9-16-14(13)21(18,19)17-10-5-11-20-12-6-2-1-3-7-12/h4,8-9,12,17H,1-3,5-7,10-11H2. The van der Waals surface area contributed by atoms with Crippen molar-refractivity contribution in [1.29, 1.82) is 0 Å². The highest BCUT2D eigenvalue weighted by Gasteiger charge is 2.19. The average molecular weight is 316 g/mol. The van der Waals surface area contributed by atoms with Crippen LogP contribution in [0, 0.1) is 5.82 Å². The van der Waals surface area contributed by atoms with Gasteiger partial charge in [0, 0.05) is 19.3 Å². The van der Waals surface area contributed by atoms with Gasteiger partial charge in [-0.2, -0.15) is 0 Å². The summed E-state index contributed by atoms with van der Waals surface area (Å²) in [4.78, 5) is 3.57. The Kier molecular flexibility index (Phi) is 6.08. The molecule has 1 saturated carbocycles. The molecule has 7 heteroatoms. The maximum absolute atomic E-state index is 13.4. The Hall–Kier alpha value is -1.05. The second kappa shape index (κ2) is 7.82. The third-order valence-electron chi connectivity index (χ3n) is 3.50. The van der Waals surface area contributed by atoms with Gasteiger partial charge in [-0.25, -0.2) is 22.5 Å². The molecule has 1 fully saturated rings. The molecule has 1 aliphatic rings. The van der Waals surface area contributed by atoms with Crippen LogP contribution in [0.5, 0.6) is 0 Å². The summed E-state index contributed by atoms with van der Waals surface area (Å²) in [5.74, 6) is -0.844. The minimum absolute atomic E-state index is 0.213. The number of halogens is 1. The molecule has 1 heterocycles. The average Bonchev–Trinajstić information content (AvgIpc) is 2.48. The first-order valence-electron chi connectivity index (χ1n) is 7.31. The highest BCUT2D eigenvalue weighted by molar-refractivity contribution is 7.89. The number of pyridine rings is 1. The van der Waals surface area contributed by atoms with Crippen molar-refractivity contribution in [3.05, 3.63) is 24.1 Å². The third kappa shape index (κ3) is 5.01. The minimum atomic E-state index is -3.89. The first kappa shape index (κ1) is 16.3. The zero-order chi connectivity index (χ0) is 15.1. The monoisotopic (exact) mass is 316 g/mol. The van der Waals surface area contributed by atoms with Crippen LogP contribution < -0.4 is 4.72 Å². The van der Waals surface area contributed by atoms with E-state index in [0.29, 0.717) is 19.1 Å². The maximum atomic E-state index is 13.4. The van der Waals surface area contributed by atoms with Crippen LogP contribution in [0.15, 0.2) is 23.4 Å². The number of rotatable bonds is 7. The lowest BCUT2D eigenvalue weighted by atomic mass is 9.98. The van der Waals surface area contributed by atoms with Gasteiger partial charge in [0.05, 0.1) is 6.10 Å². The van der Waals surface area contributed by atoms with Gasteiger partial charge in [0.15, 0.2) is 5.82 Å². The van der Waals surface area contributed by atoms with Gasteiger partial charge in [-0.05, 0) is 31.4 Å². The van der Waals surface area contributed by atoms with Crippen molar-refractivity contribution in [2.45, 2.75) is 49.7 Å². The summed E-state index contributed by atoms with van der Waals surface area (Å²) >= 11 is 0. The summed E-state index contributed by atoms with van der Waals surface area (Å²) < 4.78 is 45.2. The zero-order valence-corrected chi connectivity index (χ0v) is 12.7. The summed E-state index contributed by atoms with van der Waals surface area (Å²) in [5.41, 5.74) is 0. The van der Waals surface area contributed by atoms with Crippen LogP contribution in [0.4, 0.5) is 4.39 Å². The number of nitrogens with zero attached hydrogens (tertiary/aromatic N) is 1. The molecule has 0 bridgehead atoms. The van der Waals surface area contributed by atoms with Crippen LogP contribution in [-0.4, -0.2) is 32.7 Å². The number of nitrogens with one attached hydrogen (secondary N) is 1. The minimum Gasteiger partial charge on any atom is -0.378 e. The predicted molar refractivity (Wildman–Crippen MR) is 76.8 cm³/mol. The van der Waals surface area contributed by atoms with Crippen molar-refractivity contribution in [3.8, 4) is 0 Å². The van der Waals surface area contributed by atoms with E-state index in [4.69, 9.17) is 4.74 Å². The van der Waals surface area contributed by atoms with Crippen LogP contribution in [0.2, 0.25) is 0 Å². The van der Waals surface area contributed by atoms with Crippen molar-refractivity contribution >= 4 is 10.0 Å². The summed E-state index contributed by atoms with van der Waals surface area (Å²) in [6, 6.07) is 2.43. The van der Waals surface area contributed by atoms with Crippen LogP contribution in [0.3, 0.4) is 0 Å². The summed E-state index contributed by atoms with van der Waals surface area (Å²) in [6.07, 6.45) is 7.98. The Morgan fingerprint density at radius 1 is 1.33 bits per heavy atom. The van der Waals surface area contributed by atoms with E-state index in [9.17, 15) is 12.8 Å². The molecule has 1 aliphatic carbocycles. The lowest BCUT2D eigenvalue weighted by molar-refractivity contribution is 0.0278. The fraction of sp³-hybridized carbons (Fsp3) is 0.643. The van der Waals surface area contributed by atoms with E-state index in [1.807, 2.05) is 0 Å². The quantitative estimate of drug-likeness (QED) is 0.783. The molecule has 0 atom stereocenters. The van der Waals surface area contributed by atoms with Gasteiger partial charge in [-0.1, -0.05) is 19.3 Å². The number of hydrogen-bond acceptors (Lipinski definition) is 4. The van der Waals surface area contributed by atoms with E-state index in [2.05, 4.69) is 9.71 Å². The van der Waals surface area contributed by atoms with E-state index in [1.54, 1.807) is 0 Å². The SMILES string of the molecule is O=S(=O)(NCCCOC1CCCCC1)c1ncccc1F. The van der Waals surface area contributed by atoms with Crippen LogP contribution in [0.25, 0.3) is 0 Å². The second-order valence-electron chi connectivity index (χ2n) is 5.17. The van der Waals surface area contributed by atoms with Crippen molar-refractivity contribution in [1.82, 2.24) is 9.71 Å². The molecule has 0 unspecified atom stereocenters. The number of aromatic nitrogens is 1. The summed E-state index contributed by atoms with van der Waals surface area (Å²) in [5, 5.41) is -0.557. The van der Waals surface area contributed by atoms with Gasteiger partial charge in [-0.15, -0.1) is 0 Å². The Morgan fingerprint density at radius 2 is 2.10 bits per heavy atom. The van der Waals surface area contributed by atoms with E-state index >= 15 is 0 Å². The van der Waals surface area contributed by atoms with Gasteiger partial charge in [0.1, 0.15) is 0 Å². The van der Waals surface area contributed by atoms with Crippen LogP contribution in [-0.2, 0) is 14.8 Å². The van der Waals surface area contributed by atoms with Gasteiger partial charge in [0.25, 0.3) is 10.0 Å². The van der Waals surface area contributed by atoms with E-state index in [0.717, 1.165) is 18.9 Å². The fourth-order valence-electron chi connectivity index (χ4n) is 2.40. The van der Waals surface area contributed by atoms with Gasteiger partial charge in [-0.3, -0.25) is 0 Å². The van der Waals surface area contributed by atoms with Crippen molar-refractivity contribution < 1.29 is 17.5 Å². The number of sulfonamides is 1.